The molecule has 0 bridgehead atoms. The van der Waals surface area contributed by atoms with Crippen molar-refractivity contribution in [2.24, 2.45) is 0 Å². The van der Waals surface area contributed by atoms with Crippen molar-refractivity contribution in [2.75, 3.05) is 13.1 Å². The van der Waals surface area contributed by atoms with Crippen LogP contribution in [0.15, 0.2) is 60.7 Å². The standard InChI is InChI=1S/C23H24N2O2/c1-23(2,3)18-11-8-17(9-12-18)22(26)25-14-19(15-25)27-21-13-10-16-6-4-5-7-20(16)24-21/h4-13,19H,14-15H2,1-3H3. The number of rotatable bonds is 3. The third-order valence-electron chi connectivity index (χ3n) is 4.99. The fourth-order valence-corrected chi connectivity index (χ4v) is 3.26. The lowest BCUT2D eigenvalue weighted by Gasteiger charge is -2.38. The highest BCUT2D eigenvalue weighted by molar-refractivity contribution is 5.94. The molecule has 3 aromatic rings. The summed E-state index contributed by atoms with van der Waals surface area (Å²) >= 11 is 0. The first-order chi connectivity index (χ1) is 12.9. The normalized spacial score (nSPS) is 14.9. The van der Waals surface area contributed by atoms with Gasteiger partial charge in [-0.1, -0.05) is 51.1 Å². The Morgan fingerprint density at radius 1 is 1.00 bits per heavy atom. The number of nitrogens with zero attached hydrogens (tertiary/aromatic N) is 2. The van der Waals surface area contributed by atoms with E-state index >= 15 is 0 Å². The van der Waals surface area contributed by atoms with Crippen LogP contribution in [0.2, 0.25) is 0 Å². The van der Waals surface area contributed by atoms with Gasteiger partial charge in [-0.25, -0.2) is 4.98 Å². The Bertz CT molecular complexity index is 968. The predicted molar refractivity (Wildman–Crippen MR) is 107 cm³/mol. The van der Waals surface area contributed by atoms with E-state index in [1.807, 2.05) is 65.6 Å². The van der Waals surface area contributed by atoms with Gasteiger partial charge in [0.2, 0.25) is 5.88 Å². The van der Waals surface area contributed by atoms with Gasteiger partial charge < -0.3 is 9.64 Å². The van der Waals surface area contributed by atoms with Crippen LogP contribution < -0.4 is 4.74 Å². The third kappa shape index (κ3) is 3.65. The minimum absolute atomic E-state index is 0.00328. The van der Waals surface area contributed by atoms with Gasteiger partial charge in [-0.15, -0.1) is 0 Å². The van der Waals surface area contributed by atoms with Crippen LogP contribution in [0.1, 0.15) is 36.7 Å². The molecular formula is C23H24N2O2. The highest BCUT2D eigenvalue weighted by Gasteiger charge is 2.33. The van der Waals surface area contributed by atoms with E-state index in [2.05, 4.69) is 25.8 Å². The van der Waals surface area contributed by atoms with Crippen LogP contribution in [0.25, 0.3) is 10.9 Å². The smallest absolute Gasteiger partial charge is 0.254 e. The van der Waals surface area contributed by atoms with Gasteiger partial charge in [0.05, 0.1) is 18.6 Å². The molecule has 1 saturated heterocycles. The summed E-state index contributed by atoms with van der Waals surface area (Å²) in [6, 6.07) is 19.8. The van der Waals surface area contributed by atoms with Gasteiger partial charge in [-0.2, -0.15) is 0 Å². The summed E-state index contributed by atoms with van der Waals surface area (Å²) in [5.74, 6) is 0.669. The van der Waals surface area contributed by atoms with Crippen molar-refractivity contribution in [2.45, 2.75) is 32.3 Å². The van der Waals surface area contributed by atoms with E-state index in [4.69, 9.17) is 4.74 Å². The van der Waals surface area contributed by atoms with Gasteiger partial charge in [-0.05, 0) is 35.2 Å². The average Bonchev–Trinajstić information content (AvgIpc) is 2.63. The molecule has 0 N–H and O–H groups in total. The zero-order valence-corrected chi connectivity index (χ0v) is 16.0. The molecule has 0 radical (unpaired) electrons. The van der Waals surface area contributed by atoms with Gasteiger partial charge in [0, 0.05) is 17.0 Å². The number of aromatic nitrogens is 1. The topological polar surface area (TPSA) is 42.4 Å². The minimum Gasteiger partial charge on any atom is -0.471 e. The molecule has 1 aliphatic heterocycles. The number of carbonyl (C=O) groups is 1. The van der Waals surface area contributed by atoms with Crippen LogP contribution in [0.3, 0.4) is 0 Å². The number of para-hydroxylation sites is 1. The maximum Gasteiger partial charge on any atom is 0.254 e. The number of hydrogen-bond donors (Lipinski definition) is 0. The highest BCUT2D eigenvalue weighted by Crippen LogP contribution is 2.24. The van der Waals surface area contributed by atoms with Crippen molar-refractivity contribution in [1.82, 2.24) is 9.88 Å². The molecule has 4 heteroatoms. The molecular weight excluding hydrogens is 336 g/mol. The van der Waals surface area contributed by atoms with E-state index in [0.717, 1.165) is 16.5 Å². The first-order valence-electron chi connectivity index (χ1n) is 9.32. The molecule has 0 unspecified atom stereocenters. The van der Waals surface area contributed by atoms with Crippen molar-refractivity contribution in [3.8, 4) is 5.88 Å². The number of amides is 1. The maximum absolute atomic E-state index is 12.6. The van der Waals surface area contributed by atoms with Crippen LogP contribution in [0.5, 0.6) is 5.88 Å². The van der Waals surface area contributed by atoms with Crippen LogP contribution in [0.4, 0.5) is 0 Å². The van der Waals surface area contributed by atoms with Crippen molar-refractivity contribution < 1.29 is 9.53 Å². The zero-order valence-electron chi connectivity index (χ0n) is 16.0. The average molecular weight is 360 g/mol. The van der Waals surface area contributed by atoms with Crippen molar-refractivity contribution in [3.63, 3.8) is 0 Å². The molecule has 1 amide bonds. The summed E-state index contributed by atoms with van der Waals surface area (Å²) in [4.78, 5) is 19.0. The molecule has 138 valence electrons. The van der Waals surface area contributed by atoms with E-state index in [1.54, 1.807) is 0 Å². The Balaban J connectivity index is 1.36. The van der Waals surface area contributed by atoms with Crippen molar-refractivity contribution >= 4 is 16.8 Å². The quantitative estimate of drug-likeness (QED) is 0.694. The Hall–Kier alpha value is -2.88. The lowest BCUT2D eigenvalue weighted by atomic mass is 9.86. The summed E-state index contributed by atoms with van der Waals surface area (Å²) in [5.41, 5.74) is 2.96. The second kappa shape index (κ2) is 6.69. The van der Waals surface area contributed by atoms with Crippen molar-refractivity contribution in [3.05, 3.63) is 71.8 Å². The van der Waals surface area contributed by atoms with Crippen LogP contribution >= 0.6 is 0 Å². The third-order valence-corrected chi connectivity index (χ3v) is 4.99. The maximum atomic E-state index is 12.6. The molecule has 0 spiro atoms. The first kappa shape index (κ1) is 17.5. The second-order valence-electron chi connectivity index (χ2n) is 8.12. The number of benzene rings is 2. The number of ether oxygens (including phenoxy) is 1. The van der Waals surface area contributed by atoms with E-state index in [-0.39, 0.29) is 17.4 Å². The number of carbonyl (C=O) groups excluding carboxylic acids is 1. The van der Waals surface area contributed by atoms with Gasteiger partial charge in [-0.3, -0.25) is 4.79 Å². The van der Waals surface area contributed by atoms with Gasteiger partial charge >= 0.3 is 0 Å². The molecule has 0 atom stereocenters. The molecule has 1 aromatic heterocycles. The van der Waals surface area contributed by atoms with E-state index in [9.17, 15) is 4.79 Å². The van der Waals surface area contributed by atoms with E-state index < -0.39 is 0 Å². The van der Waals surface area contributed by atoms with Crippen LogP contribution in [-0.2, 0) is 5.41 Å². The summed E-state index contributed by atoms with van der Waals surface area (Å²) in [7, 11) is 0. The number of likely N-dealkylation sites (tertiary alicyclic amines) is 1. The van der Waals surface area contributed by atoms with Crippen LogP contribution in [0, 0.1) is 0 Å². The number of hydrogen-bond acceptors (Lipinski definition) is 3. The van der Waals surface area contributed by atoms with Gasteiger partial charge in [0.25, 0.3) is 5.91 Å². The molecule has 27 heavy (non-hydrogen) atoms. The largest absolute Gasteiger partial charge is 0.471 e. The molecule has 4 rings (SSSR count). The Morgan fingerprint density at radius 3 is 2.41 bits per heavy atom. The van der Waals surface area contributed by atoms with E-state index in [0.29, 0.717) is 19.0 Å². The zero-order chi connectivity index (χ0) is 19.0. The van der Waals surface area contributed by atoms with Gasteiger partial charge in [0.15, 0.2) is 0 Å². The minimum atomic E-state index is -0.00328. The molecule has 4 nitrogen and oxygen atoms in total. The van der Waals surface area contributed by atoms with Crippen molar-refractivity contribution in [1.29, 1.82) is 0 Å². The van der Waals surface area contributed by atoms with Crippen LogP contribution in [-0.4, -0.2) is 35.0 Å². The predicted octanol–water partition coefficient (Wildman–Crippen LogP) is 4.44. The fraction of sp³-hybridized carbons (Fsp3) is 0.304. The summed E-state index contributed by atoms with van der Waals surface area (Å²) in [5, 5.41) is 1.09. The summed E-state index contributed by atoms with van der Waals surface area (Å²) in [6.07, 6.45) is -0.00328. The molecule has 0 saturated carbocycles. The Kier molecular flexibility index (Phi) is 4.34. The molecule has 0 aliphatic carbocycles. The summed E-state index contributed by atoms with van der Waals surface area (Å²) in [6.45, 7) is 7.69. The Morgan fingerprint density at radius 2 is 1.70 bits per heavy atom. The number of pyridine rings is 1. The summed E-state index contributed by atoms with van der Waals surface area (Å²) < 4.78 is 5.93. The molecule has 2 heterocycles. The Labute approximate surface area is 159 Å². The van der Waals surface area contributed by atoms with Gasteiger partial charge in [0.1, 0.15) is 6.10 Å². The highest BCUT2D eigenvalue weighted by atomic mass is 16.5. The number of fused-ring (bicyclic) bond motifs is 1. The first-order valence-corrected chi connectivity index (χ1v) is 9.32. The second-order valence-corrected chi connectivity index (χ2v) is 8.12. The monoisotopic (exact) mass is 360 g/mol. The molecule has 1 aliphatic rings. The molecule has 1 fully saturated rings. The van der Waals surface area contributed by atoms with E-state index in [1.165, 1.54) is 5.56 Å². The fourth-order valence-electron chi connectivity index (χ4n) is 3.26. The lowest BCUT2D eigenvalue weighted by Crippen LogP contribution is -2.56. The SMILES string of the molecule is CC(C)(C)c1ccc(C(=O)N2CC(Oc3ccc4ccccc4n3)C2)cc1. The lowest BCUT2D eigenvalue weighted by molar-refractivity contribution is 0.0161. The molecule has 2 aromatic carbocycles.